The Balaban J connectivity index is 1.91. The van der Waals surface area contributed by atoms with Crippen molar-refractivity contribution in [2.24, 2.45) is 5.92 Å². The molecule has 0 heterocycles. The summed E-state index contributed by atoms with van der Waals surface area (Å²) < 4.78 is 37.9. The number of halogens is 3. The lowest BCUT2D eigenvalue weighted by molar-refractivity contribution is -0.137. The summed E-state index contributed by atoms with van der Waals surface area (Å²) in [7, 11) is 0. The fraction of sp³-hybridized carbons (Fsp3) is 0.625. The molecule has 1 aromatic rings. The zero-order valence-corrected chi connectivity index (χ0v) is 11.8. The van der Waals surface area contributed by atoms with Crippen molar-refractivity contribution in [1.82, 2.24) is 5.32 Å². The normalized spacial score (nSPS) is 23.8. The van der Waals surface area contributed by atoms with Gasteiger partial charge in [0.15, 0.2) is 0 Å². The van der Waals surface area contributed by atoms with Crippen LogP contribution in [0.4, 0.5) is 13.2 Å². The lowest BCUT2D eigenvalue weighted by Gasteiger charge is -2.29. The van der Waals surface area contributed by atoms with Crippen molar-refractivity contribution in [3.63, 3.8) is 0 Å². The summed E-state index contributed by atoms with van der Waals surface area (Å²) in [5.41, 5.74) is 0.144. The molecule has 0 aromatic heterocycles. The number of alkyl halides is 3. The predicted molar refractivity (Wildman–Crippen MR) is 74.3 cm³/mol. The first-order valence-electron chi connectivity index (χ1n) is 7.38. The van der Waals surface area contributed by atoms with Gasteiger partial charge in [-0.15, -0.1) is 0 Å². The number of rotatable bonds is 4. The van der Waals surface area contributed by atoms with Crippen LogP contribution in [0, 0.1) is 5.92 Å². The van der Waals surface area contributed by atoms with Crippen molar-refractivity contribution in [3.8, 4) is 0 Å². The molecule has 0 radical (unpaired) electrons. The largest absolute Gasteiger partial charge is 0.416 e. The summed E-state index contributed by atoms with van der Waals surface area (Å²) in [6.45, 7) is 2.73. The van der Waals surface area contributed by atoms with Gasteiger partial charge in [-0.2, -0.15) is 13.2 Å². The van der Waals surface area contributed by atoms with Crippen LogP contribution in [0.3, 0.4) is 0 Å². The van der Waals surface area contributed by atoms with Gasteiger partial charge in [-0.1, -0.05) is 44.4 Å². The Bertz CT molecular complexity index is 428. The number of nitrogens with one attached hydrogen (secondary N) is 1. The first-order valence-corrected chi connectivity index (χ1v) is 7.38. The Hall–Kier alpha value is -1.03. The van der Waals surface area contributed by atoms with Gasteiger partial charge in [0.05, 0.1) is 5.56 Å². The molecule has 1 saturated carbocycles. The molecule has 2 unspecified atom stereocenters. The van der Waals surface area contributed by atoms with E-state index < -0.39 is 11.7 Å². The standard InChI is InChI=1S/C16H22F3N/c1-2-12-5-4-8-15(10-12)20-11-13-6-3-7-14(9-13)16(17,18)19/h3,6-7,9,12,15,20H,2,4-5,8,10-11H2,1H3. The van der Waals surface area contributed by atoms with Crippen molar-refractivity contribution < 1.29 is 13.2 Å². The minimum atomic E-state index is -4.26. The van der Waals surface area contributed by atoms with Gasteiger partial charge >= 0.3 is 6.18 Å². The smallest absolute Gasteiger partial charge is 0.310 e. The van der Waals surface area contributed by atoms with Crippen molar-refractivity contribution in [2.45, 2.75) is 57.8 Å². The van der Waals surface area contributed by atoms with E-state index in [2.05, 4.69) is 12.2 Å². The van der Waals surface area contributed by atoms with Crippen LogP contribution in [0.15, 0.2) is 24.3 Å². The molecule has 0 spiro atoms. The Morgan fingerprint density at radius 2 is 2.05 bits per heavy atom. The maximum absolute atomic E-state index is 12.6. The van der Waals surface area contributed by atoms with Crippen LogP contribution in [-0.4, -0.2) is 6.04 Å². The molecule has 1 N–H and O–H groups in total. The number of benzene rings is 1. The SMILES string of the molecule is CCC1CCCC(NCc2cccc(C(F)(F)F)c2)C1. The van der Waals surface area contributed by atoms with E-state index in [1.807, 2.05) is 0 Å². The van der Waals surface area contributed by atoms with Gasteiger partial charge in [-0.25, -0.2) is 0 Å². The summed E-state index contributed by atoms with van der Waals surface area (Å²) in [5.74, 6) is 0.766. The highest BCUT2D eigenvalue weighted by atomic mass is 19.4. The van der Waals surface area contributed by atoms with Gasteiger partial charge in [0.25, 0.3) is 0 Å². The lowest BCUT2D eigenvalue weighted by atomic mass is 9.84. The second-order valence-electron chi connectivity index (χ2n) is 5.72. The molecule has 1 aromatic carbocycles. The van der Waals surface area contributed by atoms with Gasteiger partial charge < -0.3 is 5.32 Å². The molecule has 112 valence electrons. The topological polar surface area (TPSA) is 12.0 Å². The van der Waals surface area contributed by atoms with E-state index in [4.69, 9.17) is 0 Å². The molecule has 1 aliphatic carbocycles. The van der Waals surface area contributed by atoms with Crippen LogP contribution >= 0.6 is 0 Å². The van der Waals surface area contributed by atoms with E-state index >= 15 is 0 Å². The van der Waals surface area contributed by atoms with E-state index in [9.17, 15) is 13.2 Å². The number of hydrogen-bond donors (Lipinski definition) is 1. The summed E-state index contributed by atoms with van der Waals surface area (Å²) in [4.78, 5) is 0. The van der Waals surface area contributed by atoms with Crippen LogP contribution in [0.1, 0.15) is 50.2 Å². The summed E-state index contributed by atoms with van der Waals surface area (Å²) >= 11 is 0. The quantitative estimate of drug-likeness (QED) is 0.840. The second kappa shape index (κ2) is 6.61. The molecule has 2 rings (SSSR count). The summed E-state index contributed by atoms with van der Waals surface area (Å²) in [5, 5.41) is 3.41. The molecule has 1 fully saturated rings. The van der Waals surface area contributed by atoms with Crippen molar-refractivity contribution >= 4 is 0 Å². The molecule has 1 nitrogen and oxygen atoms in total. The van der Waals surface area contributed by atoms with Gasteiger partial charge in [0, 0.05) is 12.6 Å². The highest BCUT2D eigenvalue weighted by Gasteiger charge is 2.30. The van der Waals surface area contributed by atoms with E-state index in [0.29, 0.717) is 18.2 Å². The minimum absolute atomic E-state index is 0.447. The lowest BCUT2D eigenvalue weighted by Crippen LogP contribution is -2.33. The van der Waals surface area contributed by atoms with Crippen LogP contribution in [-0.2, 0) is 12.7 Å². The zero-order chi connectivity index (χ0) is 14.6. The maximum atomic E-state index is 12.6. The van der Waals surface area contributed by atoms with Crippen molar-refractivity contribution in [3.05, 3.63) is 35.4 Å². The van der Waals surface area contributed by atoms with Crippen molar-refractivity contribution in [1.29, 1.82) is 0 Å². The first-order chi connectivity index (χ1) is 9.49. The summed E-state index contributed by atoms with van der Waals surface area (Å²) in [6.07, 6.45) is 1.73. The average molecular weight is 285 g/mol. The average Bonchev–Trinajstić information content (AvgIpc) is 2.45. The van der Waals surface area contributed by atoms with Gasteiger partial charge in [-0.3, -0.25) is 0 Å². The highest BCUT2D eigenvalue weighted by molar-refractivity contribution is 5.25. The van der Waals surface area contributed by atoms with Gasteiger partial charge in [0.2, 0.25) is 0 Å². The van der Waals surface area contributed by atoms with Crippen LogP contribution < -0.4 is 5.32 Å². The third kappa shape index (κ3) is 4.23. The molecular weight excluding hydrogens is 263 g/mol. The highest BCUT2D eigenvalue weighted by Crippen LogP contribution is 2.30. The second-order valence-corrected chi connectivity index (χ2v) is 5.72. The molecule has 4 heteroatoms. The Kier molecular flexibility index (Phi) is 5.08. The molecule has 2 atom stereocenters. The monoisotopic (exact) mass is 285 g/mol. The van der Waals surface area contributed by atoms with E-state index in [-0.39, 0.29) is 0 Å². The molecule has 20 heavy (non-hydrogen) atoms. The van der Waals surface area contributed by atoms with Gasteiger partial charge in [-0.05, 0) is 30.4 Å². The molecular formula is C16H22F3N. The molecule has 0 amide bonds. The van der Waals surface area contributed by atoms with E-state index in [0.717, 1.165) is 24.8 Å². The fourth-order valence-corrected chi connectivity index (χ4v) is 2.97. The number of hydrogen-bond acceptors (Lipinski definition) is 1. The molecule has 1 aliphatic rings. The first kappa shape index (κ1) is 15.4. The van der Waals surface area contributed by atoms with Crippen LogP contribution in [0.2, 0.25) is 0 Å². The maximum Gasteiger partial charge on any atom is 0.416 e. The summed E-state index contributed by atoms with van der Waals surface area (Å²) in [6, 6.07) is 6.05. The van der Waals surface area contributed by atoms with E-state index in [1.54, 1.807) is 6.07 Å². The predicted octanol–water partition coefficient (Wildman–Crippen LogP) is 4.76. The van der Waals surface area contributed by atoms with Gasteiger partial charge in [0.1, 0.15) is 0 Å². The molecule has 0 bridgehead atoms. The Labute approximate surface area is 118 Å². The fourth-order valence-electron chi connectivity index (χ4n) is 2.97. The third-order valence-electron chi connectivity index (χ3n) is 4.21. The molecule has 0 aliphatic heterocycles. The van der Waals surface area contributed by atoms with Crippen molar-refractivity contribution in [2.75, 3.05) is 0 Å². The van der Waals surface area contributed by atoms with Crippen LogP contribution in [0.25, 0.3) is 0 Å². The zero-order valence-electron chi connectivity index (χ0n) is 11.8. The third-order valence-corrected chi connectivity index (χ3v) is 4.21. The van der Waals surface area contributed by atoms with E-state index in [1.165, 1.54) is 31.4 Å². The minimum Gasteiger partial charge on any atom is -0.310 e. The van der Waals surface area contributed by atoms with Crippen LogP contribution in [0.5, 0.6) is 0 Å². The Morgan fingerprint density at radius 1 is 1.25 bits per heavy atom. The molecule has 0 saturated heterocycles. The Morgan fingerprint density at radius 3 is 2.75 bits per heavy atom.